The smallest absolute Gasteiger partial charge is 0.246 e. The van der Waals surface area contributed by atoms with Crippen LogP contribution >= 0.6 is 0 Å². The van der Waals surface area contributed by atoms with E-state index in [4.69, 9.17) is 4.74 Å². The number of nitrogens with one attached hydrogen (secondary N) is 1. The molecule has 4 nitrogen and oxygen atoms in total. The van der Waals surface area contributed by atoms with Crippen molar-refractivity contribution in [2.24, 2.45) is 0 Å². The van der Waals surface area contributed by atoms with Gasteiger partial charge < -0.3 is 15.0 Å². The quantitative estimate of drug-likeness (QED) is 0.853. The Kier molecular flexibility index (Phi) is 5.18. The maximum Gasteiger partial charge on any atom is 0.246 e. The van der Waals surface area contributed by atoms with E-state index in [0.717, 1.165) is 37.2 Å². The Labute approximate surface area is 120 Å². The lowest BCUT2D eigenvalue weighted by Gasteiger charge is -2.30. The Bertz CT molecular complexity index is 479. The molecule has 108 valence electrons. The van der Waals surface area contributed by atoms with Crippen LogP contribution in [-0.4, -0.2) is 44.1 Å². The molecular formula is C16H22N2O2. The molecule has 1 aliphatic heterocycles. The number of carbonyl (C=O) groups is 1. The molecule has 1 aliphatic rings. The predicted octanol–water partition coefficient (Wildman–Crippen LogP) is 1.92. The van der Waals surface area contributed by atoms with Gasteiger partial charge in [-0.15, -0.1) is 0 Å². The van der Waals surface area contributed by atoms with Gasteiger partial charge in [-0.2, -0.15) is 0 Å². The summed E-state index contributed by atoms with van der Waals surface area (Å²) in [5.41, 5.74) is 0.919. The third-order valence-corrected chi connectivity index (χ3v) is 3.75. The lowest BCUT2D eigenvalue weighted by Crippen LogP contribution is -2.43. The summed E-state index contributed by atoms with van der Waals surface area (Å²) in [5, 5.41) is 3.31. The van der Waals surface area contributed by atoms with E-state index in [9.17, 15) is 4.79 Å². The van der Waals surface area contributed by atoms with Gasteiger partial charge in [-0.3, -0.25) is 4.79 Å². The van der Waals surface area contributed by atoms with Gasteiger partial charge in [0.1, 0.15) is 5.75 Å². The van der Waals surface area contributed by atoms with Crippen LogP contribution in [0.15, 0.2) is 30.3 Å². The number of nitrogens with zero attached hydrogens (tertiary/aromatic N) is 1. The summed E-state index contributed by atoms with van der Waals surface area (Å²) in [6, 6.07) is 8.02. The minimum absolute atomic E-state index is 0.0443. The van der Waals surface area contributed by atoms with Crippen LogP contribution in [0.25, 0.3) is 6.08 Å². The van der Waals surface area contributed by atoms with E-state index >= 15 is 0 Å². The van der Waals surface area contributed by atoms with Crippen LogP contribution in [0.4, 0.5) is 0 Å². The predicted molar refractivity (Wildman–Crippen MR) is 80.7 cm³/mol. The monoisotopic (exact) mass is 274 g/mol. The Morgan fingerprint density at radius 1 is 1.35 bits per heavy atom. The highest BCUT2D eigenvalue weighted by Crippen LogP contribution is 2.19. The van der Waals surface area contributed by atoms with Crippen molar-refractivity contribution in [3.63, 3.8) is 0 Å². The van der Waals surface area contributed by atoms with E-state index in [-0.39, 0.29) is 5.91 Å². The van der Waals surface area contributed by atoms with Crippen LogP contribution in [0.5, 0.6) is 5.75 Å². The molecule has 4 heteroatoms. The molecule has 0 unspecified atom stereocenters. The zero-order chi connectivity index (χ0) is 14.4. The normalized spacial score (nSPS) is 16.3. The number of piperidine rings is 1. The summed E-state index contributed by atoms with van der Waals surface area (Å²) in [4.78, 5) is 14.0. The largest absolute Gasteiger partial charge is 0.496 e. The molecule has 1 fully saturated rings. The third-order valence-electron chi connectivity index (χ3n) is 3.75. The average Bonchev–Trinajstić information content (AvgIpc) is 2.53. The number of rotatable bonds is 4. The van der Waals surface area contributed by atoms with E-state index in [1.165, 1.54) is 0 Å². The van der Waals surface area contributed by atoms with E-state index in [1.54, 1.807) is 13.2 Å². The number of likely N-dealkylation sites (N-methyl/N-ethyl adjacent to an activating group) is 1. The molecule has 0 saturated carbocycles. The highest BCUT2D eigenvalue weighted by Gasteiger charge is 2.20. The third kappa shape index (κ3) is 3.61. The van der Waals surface area contributed by atoms with Gasteiger partial charge in [0.05, 0.1) is 7.11 Å². The first-order chi connectivity index (χ1) is 9.72. The van der Waals surface area contributed by atoms with Crippen LogP contribution in [0, 0.1) is 0 Å². The van der Waals surface area contributed by atoms with Crippen molar-refractivity contribution in [2.45, 2.75) is 18.9 Å². The number of benzene rings is 1. The van der Waals surface area contributed by atoms with Crippen molar-refractivity contribution in [1.82, 2.24) is 10.2 Å². The number of carbonyl (C=O) groups excluding carboxylic acids is 1. The molecule has 1 aromatic carbocycles. The number of methoxy groups -OCH3 is 1. The van der Waals surface area contributed by atoms with Gasteiger partial charge >= 0.3 is 0 Å². The topological polar surface area (TPSA) is 41.6 Å². The van der Waals surface area contributed by atoms with Crippen LogP contribution in [0.1, 0.15) is 18.4 Å². The number of para-hydroxylation sites is 1. The number of amides is 1. The Morgan fingerprint density at radius 3 is 2.75 bits per heavy atom. The molecule has 0 atom stereocenters. The molecule has 1 aromatic rings. The standard InChI is InChI=1S/C16H22N2O2/c1-18(14-9-11-17-12-10-14)16(19)8-7-13-5-3-4-6-15(13)20-2/h3-8,14,17H,9-12H2,1-2H3/b8-7+. The molecule has 2 rings (SSSR count). The van der Waals surface area contributed by atoms with Gasteiger partial charge in [-0.1, -0.05) is 18.2 Å². The van der Waals surface area contributed by atoms with E-state index in [2.05, 4.69) is 5.32 Å². The number of hydrogen-bond acceptors (Lipinski definition) is 3. The van der Waals surface area contributed by atoms with Crippen molar-refractivity contribution in [1.29, 1.82) is 0 Å². The van der Waals surface area contributed by atoms with Gasteiger partial charge in [-0.25, -0.2) is 0 Å². The highest BCUT2D eigenvalue weighted by atomic mass is 16.5. The summed E-state index contributed by atoms with van der Waals surface area (Å²) < 4.78 is 5.27. The van der Waals surface area contributed by atoms with Gasteiger partial charge in [0, 0.05) is 24.7 Å². The molecule has 1 heterocycles. The molecule has 0 bridgehead atoms. The molecule has 20 heavy (non-hydrogen) atoms. The molecule has 0 spiro atoms. The SMILES string of the molecule is COc1ccccc1/C=C/C(=O)N(C)C1CCNCC1. The Morgan fingerprint density at radius 2 is 2.05 bits per heavy atom. The number of hydrogen-bond donors (Lipinski definition) is 1. The minimum Gasteiger partial charge on any atom is -0.496 e. The fraction of sp³-hybridized carbons (Fsp3) is 0.438. The summed E-state index contributed by atoms with van der Waals surface area (Å²) in [6.07, 6.45) is 5.48. The van der Waals surface area contributed by atoms with E-state index in [1.807, 2.05) is 42.3 Å². The van der Waals surface area contributed by atoms with E-state index in [0.29, 0.717) is 6.04 Å². The lowest BCUT2D eigenvalue weighted by molar-refractivity contribution is -0.127. The van der Waals surface area contributed by atoms with Crippen LogP contribution in [0.3, 0.4) is 0 Å². The molecule has 0 aromatic heterocycles. The second-order valence-electron chi connectivity index (χ2n) is 5.01. The second-order valence-corrected chi connectivity index (χ2v) is 5.01. The van der Waals surface area contributed by atoms with Crippen molar-refractivity contribution < 1.29 is 9.53 Å². The maximum atomic E-state index is 12.2. The van der Waals surface area contributed by atoms with Gasteiger partial charge in [0.25, 0.3) is 0 Å². The first-order valence-corrected chi connectivity index (χ1v) is 7.01. The zero-order valence-corrected chi connectivity index (χ0v) is 12.1. The van der Waals surface area contributed by atoms with Crippen LogP contribution in [0.2, 0.25) is 0 Å². The molecule has 1 N–H and O–H groups in total. The van der Waals surface area contributed by atoms with Crippen LogP contribution in [-0.2, 0) is 4.79 Å². The molecular weight excluding hydrogens is 252 g/mol. The van der Waals surface area contributed by atoms with Gasteiger partial charge in [0.2, 0.25) is 5.91 Å². The fourth-order valence-electron chi connectivity index (χ4n) is 2.46. The zero-order valence-electron chi connectivity index (χ0n) is 12.1. The van der Waals surface area contributed by atoms with Crippen LogP contribution < -0.4 is 10.1 Å². The summed E-state index contributed by atoms with van der Waals surface area (Å²) in [6.45, 7) is 1.97. The van der Waals surface area contributed by atoms with Crippen molar-refractivity contribution in [2.75, 3.05) is 27.2 Å². The molecule has 1 saturated heterocycles. The minimum atomic E-state index is 0.0443. The van der Waals surface area contributed by atoms with Crippen molar-refractivity contribution in [3.05, 3.63) is 35.9 Å². The van der Waals surface area contributed by atoms with Gasteiger partial charge in [-0.05, 0) is 38.1 Å². The summed E-state index contributed by atoms with van der Waals surface area (Å²) in [7, 11) is 3.51. The molecule has 1 amide bonds. The average molecular weight is 274 g/mol. The first-order valence-electron chi connectivity index (χ1n) is 7.01. The summed E-state index contributed by atoms with van der Waals surface area (Å²) in [5.74, 6) is 0.823. The van der Waals surface area contributed by atoms with Crippen molar-refractivity contribution >= 4 is 12.0 Å². The lowest BCUT2D eigenvalue weighted by atomic mass is 10.1. The van der Waals surface area contributed by atoms with Gasteiger partial charge in [0.15, 0.2) is 0 Å². The fourth-order valence-corrected chi connectivity index (χ4v) is 2.46. The summed E-state index contributed by atoms with van der Waals surface area (Å²) >= 11 is 0. The highest BCUT2D eigenvalue weighted by molar-refractivity contribution is 5.92. The van der Waals surface area contributed by atoms with Crippen molar-refractivity contribution in [3.8, 4) is 5.75 Å². The maximum absolute atomic E-state index is 12.2. The molecule has 0 radical (unpaired) electrons. The Balaban J connectivity index is 2.00. The first kappa shape index (κ1) is 14.6. The molecule has 0 aliphatic carbocycles. The Hall–Kier alpha value is -1.81. The number of ether oxygens (including phenoxy) is 1. The van der Waals surface area contributed by atoms with E-state index < -0.39 is 0 Å². The second kappa shape index (κ2) is 7.10.